The first-order chi connectivity index (χ1) is 32.1. The van der Waals surface area contributed by atoms with E-state index in [1.54, 1.807) is 63.2 Å². The fraction of sp³-hybridized carbons (Fsp3) is 0.426. The van der Waals surface area contributed by atoms with Gasteiger partial charge in [0.05, 0.1) is 21.2 Å². The summed E-state index contributed by atoms with van der Waals surface area (Å²) in [6.45, 7) is 6.95. The molecule has 15 nitrogen and oxygen atoms in total. The van der Waals surface area contributed by atoms with Gasteiger partial charge in [-0.1, -0.05) is 49.7 Å². The smallest absolute Gasteiger partial charge is 0.242 e. The van der Waals surface area contributed by atoms with Crippen molar-refractivity contribution < 1.29 is 39.6 Å². The van der Waals surface area contributed by atoms with Crippen molar-refractivity contribution in [2.75, 3.05) is 40.9 Å². The average molecular weight is 1140 g/mol. The Kier molecular flexibility index (Phi) is 15.0. The summed E-state index contributed by atoms with van der Waals surface area (Å²) in [5.74, 6) is -0.311. The van der Waals surface area contributed by atoms with Crippen LogP contribution in [0.5, 0.6) is 0 Å². The van der Waals surface area contributed by atoms with E-state index in [1.165, 1.54) is 19.1 Å². The highest BCUT2D eigenvalue weighted by atomic mass is 79.9. The Bertz CT molecular complexity index is 3030. The molecule has 0 spiro atoms. The molecule has 4 aromatic carbocycles. The van der Waals surface area contributed by atoms with Crippen molar-refractivity contribution in [3.05, 3.63) is 102 Å². The Balaban J connectivity index is 0.860. The van der Waals surface area contributed by atoms with Gasteiger partial charge in [-0.2, -0.15) is 0 Å². The van der Waals surface area contributed by atoms with E-state index in [0.717, 1.165) is 16.7 Å². The van der Waals surface area contributed by atoms with E-state index >= 15 is 0 Å². The SMILES string of the molecule is CC(=O)N1CCc2cc(Br)c(S(=O)(=O)NC3CCC(CC(=O)N4CCc5cc(Br)c(S(=O)(=O)NCc6ccc(CC(=O)N7CCc8cc(Cl)c(S(=O)(=O)NCCC(C)C)cc87)cc6)cc54)C3)cc21. The predicted octanol–water partition coefficient (Wildman–Crippen LogP) is 7.14. The van der Waals surface area contributed by atoms with Gasteiger partial charge >= 0.3 is 0 Å². The van der Waals surface area contributed by atoms with Crippen molar-refractivity contribution in [1.82, 2.24) is 14.2 Å². The second-order valence-electron chi connectivity index (χ2n) is 18.3. The predicted molar refractivity (Wildman–Crippen MR) is 268 cm³/mol. The third-order valence-corrected chi connectivity index (χ3v) is 19.9. The summed E-state index contributed by atoms with van der Waals surface area (Å²) in [4.78, 5) is 44.3. The van der Waals surface area contributed by atoms with Crippen LogP contribution in [0.1, 0.15) is 80.7 Å². The third kappa shape index (κ3) is 10.9. The maximum absolute atomic E-state index is 13.8. The van der Waals surface area contributed by atoms with Crippen molar-refractivity contribution in [2.24, 2.45) is 11.8 Å². The third-order valence-electron chi connectivity index (χ3n) is 13.1. The number of rotatable bonds is 16. The number of hydrogen-bond donors (Lipinski definition) is 3. The number of carbonyl (C=O) groups excluding carboxylic acids is 3. The van der Waals surface area contributed by atoms with Crippen LogP contribution in [0.15, 0.2) is 84.3 Å². The van der Waals surface area contributed by atoms with E-state index in [-0.39, 0.29) is 75.3 Å². The first kappa shape index (κ1) is 50.7. The molecular formula is C47H53Br2ClN6O9S3. The topological polar surface area (TPSA) is 199 Å². The number of benzene rings is 4. The standard InChI is InChI=1S/C47H53Br2ClN6O9S3/c1-28(2)10-14-51-67(62,63)45-26-42-35(23-39(45)50)13-17-56(42)46(58)19-30-4-6-31(7-5-30)27-52-66(60,61)43-25-41-34(22-37(43)48)12-16-55(41)47(59)20-32-8-9-36(18-32)53-68(64,65)44-24-40-33(21-38(44)49)11-15-54(40)29(3)57/h4-7,21-26,28,32,36,51-53H,8-20,27H2,1-3H3. The van der Waals surface area contributed by atoms with E-state index in [1.807, 2.05) is 13.8 Å². The molecule has 1 fully saturated rings. The molecule has 3 heterocycles. The molecule has 2 unspecified atom stereocenters. The Hall–Kier alpha value is -3.73. The van der Waals surface area contributed by atoms with Crippen molar-refractivity contribution in [2.45, 2.75) is 106 Å². The van der Waals surface area contributed by atoms with E-state index in [0.29, 0.717) is 108 Å². The Morgan fingerprint density at radius 1 is 0.676 bits per heavy atom. The lowest BCUT2D eigenvalue weighted by Gasteiger charge is -2.21. The van der Waals surface area contributed by atoms with E-state index in [2.05, 4.69) is 46.0 Å². The highest BCUT2D eigenvalue weighted by molar-refractivity contribution is 9.10. The van der Waals surface area contributed by atoms with Gasteiger partial charge in [0.25, 0.3) is 0 Å². The van der Waals surface area contributed by atoms with Gasteiger partial charge in [0, 0.05) is 78.1 Å². The first-order valence-electron chi connectivity index (χ1n) is 22.6. The molecule has 4 aromatic rings. The van der Waals surface area contributed by atoms with Crippen molar-refractivity contribution >= 4 is 108 Å². The second kappa shape index (κ2) is 20.2. The largest absolute Gasteiger partial charge is 0.312 e. The van der Waals surface area contributed by atoms with Crippen LogP contribution in [0.4, 0.5) is 17.1 Å². The Morgan fingerprint density at radius 2 is 1.19 bits per heavy atom. The molecule has 1 aliphatic carbocycles. The molecule has 0 saturated heterocycles. The molecule has 2 atom stereocenters. The molecule has 4 aliphatic rings. The van der Waals surface area contributed by atoms with Crippen molar-refractivity contribution in [3.63, 3.8) is 0 Å². The molecule has 3 N–H and O–H groups in total. The number of anilines is 3. The highest BCUT2D eigenvalue weighted by Gasteiger charge is 2.36. The number of nitrogens with one attached hydrogen (secondary N) is 3. The fourth-order valence-corrected chi connectivity index (χ4v) is 15.6. The monoisotopic (exact) mass is 1130 g/mol. The molecule has 0 bridgehead atoms. The van der Waals surface area contributed by atoms with Gasteiger partial charge in [0.15, 0.2) is 0 Å². The summed E-state index contributed by atoms with van der Waals surface area (Å²) in [6.07, 6.45) is 4.25. The maximum atomic E-state index is 13.8. The molecular weight excluding hydrogens is 1080 g/mol. The maximum Gasteiger partial charge on any atom is 0.242 e. The minimum Gasteiger partial charge on any atom is -0.312 e. The summed E-state index contributed by atoms with van der Waals surface area (Å²) in [6, 6.07) is 16.2. The minimum absolute atomic E-state index is 0.0212. The lowest BCUT2D eigenvalue weighted by molar-refractivity contribution is -0.119. The molecule has 68 heavy (non-hydrogen) atoms. The van der Waals surface area contributed by atoms with Gasteiger partial charge in [0.2, 0.25) is 47.8 Å². The Morgan fingerprint density at radius 3 is 1.79 bits per heavy atom. The average Bonchev–Trinajstić information content (AvgIpc) is 4.08. The van der Waals surface area contributed by atoms with Gasteiger partial charge < -0.3 is 14.7 Å². The highest BCUT2D eigenvalue weighted by Crippen LogP contribution is 2.40. The molecule has 364 valence electrons. The van der Waals surface area contributed by atoms with E-state index in [4.69, 9.17) is 11.6 Å². The fourth-order valence-electron chi connectivity index (χ4n) is 9.50. The van der Waals surface area contributed by atoms with Crippen molar-refractivity contribution in [1.29, 1.82) is 0 Å². The van der Waals surface area contributed by atoms with Gasteiger partial charge in [-0.15, -0.1) is 0 Å². The summed E-state index contributed by atoms with van der Waals surface area (Å²) >= 11 is 13.3. The normalized spacial score (nSPS) is 18.1. The lowest BCUT2D eigenvalue weighted by Crippen LogP contribution is -2.34. The van der Waals surface area contributed by atoms with Gasteiger partial charge in [-0.05, 0) is 153 Å². The minimum atomic E-state index is -4.08. The van der Waals surface area contributed by atoms with Crippen LogP contribution >= 0.6 is 43.5 Å². The van der Waals surface area contributed by atoms with E-state index in [9.17, 15) is 39.6 Å². The molecule has 0 radical (unpaired) electrons. The number of amides is 3. The molecule has 21 heteroatoms. The summed E-state index contributed by atoms with van der Waals surface area (Å²) in [5, 5.41) is 0.102. The zero-order chi connectivity index (χ0) is 48.9. The zero-order valence-corrected chi connectivity index (χ0v) is 44.2. The van der Waals surface area contributed by atoms with Crippen LogP contribution in [0.2, 0.25) is 5.02 Å². The van der Waals surface area contributed by atoms with Crippen molar-refractivity contribution in [3.8, 4) is 0 Å². The van der Waals surface area contributed by atoms with E-state index < -0.39 is 30.1 Å². The molecule has 3 amide bonds. The van der Waals surface area contributed by atoms with Crippen LogP contribution in [0, 0.1) is 11.8 Å². The zero-order valence-electron chi connectivity index (χ0n) is 37.8. The molecule has 3 aliphatic heterocycles. The molecule has 8 rings (SSSR count). The van der Waals surface area contributed by atoms with Gasteiger partial charge in [-0.3, -0.25) is 14.4 Å². The van der Waals surface area contributed by atoms with Crippen LogP contribution in [0.3, 0.4) is 0 Å². The van der Waals surface area contributed by atoms with Crippen LogP contribution in [-0.4, -0.2) is 75.2 Å². The van der Waals surface area contributed by atoms with Crippen LogP contribution in [-0.2, 0) is 76.7 Å². The lowest BCUT2D eigenvalue weighted by atomic mass is 10.0. The molecule has 0 aromatic heterocycles. The second-order valence-corrected chi connectivity index (χ2v) is 25.6. The van der Waals surface area contributed by atoms with Gasteiger partial charge in [-0.25, -0.2) is 39.4 Å². The van der Waals surface area contributed by atoms with Crippen LogP contribution in [0.25, 0.3) is 0 Å². The number of hydrogen-bond acceptors (Lipinski definition) is 9. The summed E-state index contributed by atoms with van der Waals surface area (Å²) < 4.78 is 89.9. The number of nitrogens with zero attached hydrogens (tertiary/aromatic N) is 3. The summed E-state index contributed by atoms with van der Waals surface area (Å²) in [7, 11) is -11.9. The summed E-state index contributed by atoms with van der Waals surface area (Å²) in [5.41, 5.74) is 5.48. The quantitative estimate of drug-likeness (QED) is 0.104. The van der Waals surface area contributed by atoms with Crippen LogP contribution < -0.4 is 28.9 Å². The van der Waals surface area contributed by atoms with Gasteiger partial charge in [0.1, 0.15) is 4.90 Å². The number of fused-ring (bicyclic) bond motifs is 3. The number of sulfonamides is 3. The number of halogens is 3. The Labute approximate surface area is 420 Å². The number of carbonyl (C=O) groups is 3. The first-order valence-corrected chi connectivity index (χ1v) is 29.0. The molecule has 1 saturated carbocycles.